The van der Waals surface area contributed by atoms with Crippen LogP contribution < -0.4 is 5.73 Å². The molecular formula is C16H18FN. The summed E-state index contributed by atoms with van der Waals surface area (Å²) in [6.07, 6.45) is 0. The SMILES string of the molecule is CC(C)(C)c1ccc(-c2cccc(F)c2N)cc1. The second-order valence-corrected chi connectivity index (χ2v) is 5.53. The Morgan fingerprint density at radius 3 is 2.11 bits per heavy atom. The van der Waals surface area contributed by atoms with Crippen molar-refractivity contribution in [1.29, 1.82) is 0 Å². The molecule has 0 aliphatic rings. The van der Waals surface area contributed by atoms with Gasteiger partial charge in [0.2, 0.25) is 0 Å². The monoisotopic (exact) mass is 243 g/mol. The smallest absolute Gasteiger partial charge is 0.146 e. The molecule has 2 aromatic rings. The minimum absolute atomic E-state index is 0.117. The van der Waals surface area contributed by atoms with Crippen LogP contribution in [0.25, 0.3) is 11.1 Å². The first-order valence-corrected chi connectivity index (χ1v) is 6.04. The average molecular weight is 243 g/mol. The second kappa shape index (κ2) is 4.45. The summed E-state index contributed by atoms with van der Waals surface area (Å²) in [4.78, 5) is 0. The molecule has 0 atom stereocenters. The van der Waals surface area contributed by atoms with Crippen molar-refractivity contribution >= 4 is 5.69 Å². The quantitative estimate of drug-likeness (QED) is 0.739. The number of hydrogen-bond acceptors (Lipinski definition) is 1. The van der Waals surface area contributed by atoms with E-state index < -0.39 is 0 Å². The molecular weight excluding hydrogens is 225 g/mol. The zero-order chi connectivity index (χ0) is 13.3. The maximum Gasteiger partial charge on any atom is 0.146 e. The van der Waals surface area contributed by atoms with Crippen molar-refractivity contribution in [2.24, 2.45) is 0 Å². The van der Waals surface area contributed by atoms with Crippen LogP contribution in [-0.2, 0) is 5.41 Å². The van der Waals surface area contributed by atoms with E-state index in [2.05, 4.69) is 32.9 Å². The van der Waals surface area contributed by atoms with Crippen molar-refractivity contribution in [3.63, 3.8) is 0 Å². The molecule has 2 rings (SSSR count). The Morgan fingerprint density at radius 1 is 0.944 bits per heavy atom. The highest BCUT2D eigenvalue weighted by Crippen LogP contribution is 2.30. The summed E-state index contributed by atoms with van der Waals surface area (Å²) < 4.78 is 13.4. The summed E-state index contributed by atoms with van der Waals surface area (Å²) in [6.45, 7) is 6.50. The molecule has 0 bridgehead atoms. The predicted molar refractivity (Wildman–Crippen MR) is 74.9 cm³/mol. The van der Waals surface area contributed by atoms with Crippen LogP contribution in [0.5, 0.6) is 0 Å². The molecule has 18 heavy (non-hydrogen) atoms. The molecule has 0 radical (unpaired) electrons. The highest BCUT2D eigenvalue weighted by molar-refractivity contribution is 5.76. The van der Waals surface area contributed by atoms with Crippen molar-refractivity contribution in [3.05, 3.63) is 53.8 Å². The fourth-order valence-electron chi connectivity index (χ4n) is 1.94. The van der Waals surface area contributed by atoms with Crippen LogP contribution in [0.1, 0.15) is 26.3 Å². The highest BCUT2D eigenvalue weighted by atomic mass is 19.1. The molecule has 0 spiro atoms. The summed E-state index contributed by atoms with van der Waals surface area (Å²) in [5.41, 5.74) is 9.03. The first-order valence-electron chi connectivity index (χ1n) is 6.04. The molecule has 2 N–H and O–H groups in total. The molecule has 0 saturated heterocycles. The molecule has 0 aliphatic carbocycles. The zero-order valence-corrected chi connectivity index (χ0v) is 11.0. The fourth-order valence-corrected chi connectivity index (χ4v) is 1.94. The van der Waals surface area contributed by atoms with E-state index in [1.165, 1.54) is 11.6 Å². The zero-order valence-electron chi connectivity index (χ0n) is 11.0. The van der Waals surface area contributed by atoms with Gasteiger partial charge in [0, 0.05) is 5.56 Å². The lowest BCUT2D eigenvalue weighted by atomic mass is 9.86. The molecule has 0 aromatic heterocycles. The van der Waals surface area contributed by atoms with E-state index in [4.69, 9.17) is 5.73 Å². The highest BCUT2D eigenvalue weighted by Gasteiger charge is 2.13. The maximum atomic E-state index is 13.4. The molecule has 0 amide bonds. The van der Waals surface area contributed by atoms with Crippen LogP contribution in [0, 0.1) is 5.82 Å². The van der Waals surface area contributed by atoms with Crippen LogP contribution in [0.15, 0.2) is 42.5 Å². The van der Waals surface area contributed by atoms with Crippen LogP contribution in [0.2, 0.25) is 0 Å². The van der Waals surface area contributed by atoms with Gasteiger partial charge in [-0.15, -0.1) is 0 Å². The normalized spacial score (nSPS) is 11.6. The van der Waals surface area contributed by atoms with Gasteiger partial charge < -0.3 is 5.73 Å². The molecule has 1 nitrogen and oxygen atoms in total. The van der Waals surface area contributed by atoms with E-state index in [1.54, 1.807) is 6.07 Å². The first kappa shape index (κ1) is 12.6. The van der Waals surface area contributed by atoms with Gasteiger partial charge in [0.1, 0.15) is 5.82 Å². The van der Waals surface area contributed by atoms with Gasteiger partial charge in [-0.2, -0.15) is 0 Å². The van der Waals surface area contributed by atoms with Crippen molar-refractivity contribution in [2.75, 3.05) is 5.73 Å². The lowest BCUT2D eigenvalue weighted by molar-refractivity contribution is 0.590. The first-order chi connectivity index (χ1) is 8.39. The van der Waals surface area contributed by atoms with Crippen molar-refractivity contribution < 1.29 is 4.39 Å². The molecule has 0 heterocycles. The van der Waals surface area contributed by atoms with Gasteiger partial charge >= 0.3 is 0 Å². The average Bonchev–Trinajstić information content (AvgIpc) is 2.32. The fraction of sp³-hybridized carbons (Fsp3) is 0.250. The van der Waals surface area contributed by atoms with Gasteiger partial charge in [-0.3, -0.25) is 0 Å². The van der Waals surface area contributed by atoms with Crippen molar-refractivity contribution in [1.82, 2.24) is 0 Å². The van der Waals surface area contributed by atoms with Crippen LogP contribution >= 0.6 is 0 Å². The van der Waals surface area contributed by atoms with Gasteiger partial charge in [0.05, 0.1) is 5.69 Å². The third-order valence-electron chi connectivity index (χ3n) is 3.11. The van der Waals surface area contributed by atoms with E-state index in [0.717, 1.165) is 11.1 Å². The number of hydrogen-bond donors (Lipinski definition) is 1. The predicted octanol–water partition coefficient (Wildman–Crippen LogP) is 4.37. The summed E-state index contributed by atoms with van der Waals surface area (Å²) in [5, 5.41) is 0. The number of nitrogens with two attached hydrogens (primary N) is 1. The molecule has 0 aliphatic heterocycles. The Labute approximate surface area is 107 Å². The van der Waals surface area contributed by atoms with Gasteiger partial charge in [-0.25, -0.2) is 4.39 Å². The number of anilines is 1. The van der Waals surface area contributed by atoms with Crippen LogP contribution in [-0.4, -0.2) is 0 Å². The van der Waals surface area contributed by atoms with Crippen LogP contribution in [0.3, 0.4) is 0 Å². The van der Waals surface area contributed by atoms with Crippen LogP contribution in [0.4, 0.5) is 10.1 Å². The Bertz CT molecular complexity index is 550. The van der Waals surface area contributed by atoms with Crippen molar-refractivity contribution in [3.8, 4) is 11.1 Å². The number of nitrogen functional groups attached to an aromatic ring is 1. The van der Waals surface area contributed by atoms with Gasteiger partial charge in [0.15, 0.2) is 0 Å². The topological polar surface area (TPSA) is 26.0 Å². The number of halogens is 1. The lowest BCUT2D eigenvalue weighted by Crippen LogP contribution is -2.10. The summed E-state index contributed by atoms with van der Waals surface area (Å²) >= 11 is 0. The molecule has 2 heteroatoms. The molecule has 0 unspecified atom stereocenters. The summed E-state index contributed by atoms with van der Waals surface area (Å²) in [7, 11) is 0. The van der Waals surface area contributed by atoms with E-state index in [-0.39, 0.29) is 16.9 Å². The minimum Gasteiger partial charge on any atom is -0.396 e. The summed E-state index contributed by atoms with van der Waals surface area (Å²) in [6, 6.07) is 13.0. The number of para-hydroxylation sites is 1. The van der Waals surface area contributed by atoms with E-state index in [9.17, 15) is 4.39 Å². The third kappa shape index (κ3) is 2.37. The molecule has 2 aromatic carbocycles. The molecule has 94 valence electrons. The second-order valence-electron chi connectivity index (χ2n) is 5.53. The lowest BCUT2D eigenvalue weighted by Gasteiger charge is -2.19. The maximum absolute atomic E-state index is 13.4. The van der Waals surface area contributed by atoms with Gasteiger partial charge in [0.25, 0.3) is 0 Å². The standard InChI is InChI=1S/C16H18FN/c1-16(2,3)12-9-7-11(8-10-12)13-5-4-6-14(17)15(13)18/h4-10H,18H2,1-3H3. The molecule has 0 fully saturated rings. The van der Waals surface area contributed by atoms with E-state index in [0.29, 0.717) is 0 Å². The third-order valence-corrected chi connectivity index (χ3v) is 3.11. The largest absolute Gasteiger partial charge is 0.396 e. The molecule has 0 saturated carbocycles. The minimum atomic E-state index is -0.368. The van der Waals surface area contributed by atoms with Crippen molar-refractivity contribution in [2.45, 2.75) is 26.2 Å². The van der Waals surface area contributed by atoms with Gasteiger partial charge in [-0.1, -0.05) is 57.2 Å². The van der Waals surface area contributed by atoms with E-state index >= 15 is 0 Å². The Kier molecular flexibility index (Phi) is 3.12. The Balaban J connectivity index is 2.44. The Morgan fingerprint density at radius 2 is 1.56 bits per heavy atom. The summed E-state index contributed by atoms with van der Waals surface area (Å²) in [5.74, 6) is -0.368. The van der Waals surface area contributed by atoms with Gasteiger partial charge in [-0.05, 0) is 22.6 Å². The Hall–Kier alpha value is -1.83. The number of rotatable bonds is 1. The van der Waals surface area contributed by atoms with E-state index in [1.807, 2.05) is 18.2 Å². The number of benzene rings is 2.